The van der Waals surface area contributed by atoms with E-state index in [0.29, 0.717) is 23.4 Å². The van der Waals surface area contributed by atoms with Crippen LogP contribution in [0.15, 0.2) is 24.3 Å². The Morgan fingerprint density at radius 3 is 1.91 bits per heavy atom. The van der Waals surface area contributed by atoms with Crippen molar-refractivity contribution in [3.8, 4) is 29.9 Å². The Morgan fingerprint density at radius 1 is 0.913 bits per heavy atom. The Labute approximate surface area is 135 Å². The molecule has 0 atom stereocenters. The highest BCUT2D eigenvalue weighted by atomic mass is 16.5. The molecule has 2 rings (SSSR count). The van der Waals surface area contributed by atoms with E-state index in [-0.39, 0.29) is 12.6 Å². The highest BCUT2D eigenvalue weighted by Gasteiger charge is 2.11. The minimum Gasteiger partial charge on any atom is -0.481 e. The van der Waals surface area contributed by atoms with Crippen LogP contribution in [-0.4, -0.2) is 49.7 Å². The van der Waals surface area contributed by atoms with E-state index >= 15 is 0 Å². The zero-order valence-electron chi connectivity index (χ0n) is 13.6. The van der Waals surface area contributed by atoms with Gasteiger partial charge in [-0.25, -0.2) is 0 Å². The van der Waals surface area contributed by atoms with Gasteiger partial charge in [0.2, 0.25) is 11.9 Å². The van der Waals surface area contributed by atoms with Crippen molar-refractivity contribution in [2.45, 2.75) is 0 Å². The van der Waals surface area contributed by atoms with Crippen LogP contribution in [-0.2, 0) is 0 Å². The molecule has 0 aliphatic carbocycles. The lowest BCUT2D eigenvalue weighted by Gasteiger charge is -2.16. The topological polar surface area (TPSA) is 63.6 Å². The maximum Gasteiger partial charge on any atom is 0.328 e. The molecule has 0 saturated heterocycles. The number of aromatic nitrogens is 3. The van der Waals surface area contributed by atoms with E-state index in [1.807, 2.05) is 28.2 Å². The van der Waals surface area contributed by atoms with E-state index in [1.165, 1.54) is 0 Å². The highest BCUT2D eigenvalue weighted by molar-refractivity contribution is 5.39. The average Bonchev–Trinajstić information content (AvgIpc) is 2.53. The Bertz CT molecular complexity index is 666. The number of hydrogen-bond acceptors (Lipinski definition) is 7. The van der Waals surface area contributed by atoms with E-state index in [1.54, 1.807) is 34.1 Å². The summed E-state index contributed by atoms with van der Waals surface area (Å²) in [5.41, 5.74) is 0. The van der Waals surface area contributed by atoms with E-state index in [2.05, 4.69) is 20.9 Å². The van der Waals surface area contributed by atoms with Crippen LogP contribution in [0.2, 0.25) is 0 Å². The minimum absolute atomic E-state index is 0.227. The Morgan fingerprint density at radius 2 is 1.43 bits per heavy atom. The summed E-state index contributed by atoms with van der Waals surface area (Å²) in [6.07, 6.45) is 5.16. The summed E-state index contributed by atoms with van der Waals surface area (Å²) in [7, 11) is 7.43. The van der Waals surface area contributed by atoms with Crippen molar-refractivity contribution in [2.75, 3.05) is 44.6 Å². The minimum atomic E-state index is 0.227. The first kappa shape index (κ1) is 16.4. The predicted molar refractivity (Wildman–Crippen MR) is 89.3 cm³/mol. The molecule has 0 aliphatic heterocycles. The molecule has 23 heavy (non-hydrogen) atoms. The molecule has 0 spiro atoms. The van der Waals surface area contributed by atoms with Gasteiger partial charge in [0.1, 0.15) is 18.1 Å². The molecule has 1 aromatic heterocycles. The van der Waals surface area contributed by atoms with Crippen molar-refractivity contribution in [2.24, 2.45) is 0 Å². The standard InChI is InChI=1S/C16H19N5O2/c1-6-11-22-12-7-9-13(10-8-12)23-16-18-14(20(2)3)17-15(19-16)21(4)5/h1,7-10H,11H2,2-5H3. The monoisotopic (exact) mass is 313 g/mol. The van der Waals surface area contributed by atoms with Gasteiger partial charge in [-0.1, -0.05) is 5.92 Å². The van der Waals surface area contributed by atoms with Crippen LogP contribution < -0.4 is 19.3 Å². The van der Waals surface area contributed by atoms with Crippen LogP contribution in [0, 0.1) is 12.3 Å². The summed E-state index contributed by atoms with van der Waals surface area (Å²) < 4.78 is 11.0. The molecule has 0 aliphatic rings. The second-order valence-corrected chi connectivity index (χ2v) is 5.07. The van der Waals surface area contributed by atoms with Crippen molar-refractivity contribution in [3.05, 3.63) is 24.3 Å². The number of terminal acetylenes is 1. The molecule has 0 N–H and O–H groups in total. The van der Waals surface area contributed by atoms with Crippen LogP contribution in [0.4, 0.5) is 11.9 Å². The normalized spacial score (nSPS) is 9.87. The maximum atomic E-state index is 5.71. The lowest BCUT2D eigenvalue weighted by molar-refractivity contribution is 0.369. The summed E-state index contributed by atoms with van der Waals surface area (Å²) in [4.78, 5) is 16.5. The van der Waals surface area contributed by atoms with Gasteiger partial charge in [0.15, 0.2) is 0 Å². The molecule has 0 radical (unpaired) electrons. The summed E-state index contributed by atoms with van der Waals surface area (Å²) in [5, 5.41) is 0. The van der Waals surface area contributed by atoms with Gasteiger partial charge in [0.05, 0.1) is 0 Å². The van der Waals surface area contributed by atoms with Gasteiger partial charge in [-0.2, -0.15) is 15.0 Å². The maximum absolute atomic E-state index is 5.71. The molecule has 0 bridgehead atoms. The Hall–Kier alpha value is -3.01. The van der Waals surface area contributed by atoms with Crippen molar-refractivity contribution >= 4 is 11.9 Å². The van der Waals surface area contributed by atoms with Crippen LogP contribution >= 0.6 is 0 Å². The third kappa shape index (κ3) is 4.48. The number of rotatable bonds is 6. The highest BCUT2D eigenvalue weighted by Crippen LogP contribution is 2.23. The predicted octanol–water partition coefficient (Wildman–Crippen LogP) is 1.81. The summed E-state index contributed by atoms with van der Waals surface area (Å²) in [6, 6.07) is 7.30. The second kappa shape index (κ2) is 7.31. The smallest absolute Gasteiger partial charge is 0.328 e. The molecule has 0 saturated carbocycles. The summed E-state index contributed by atoms with van der Waals surface area (Å²) in [5.74, 6) is 4.73. The largest absolute Gasteiger partial charge is 0.481 e. The third-order valence-electron chi connectivity index (χ3n) is 2.75. The number of hydrogen-bond donors (Lipinski definition) is 0. The number of nitrogens with zero attached hydrogens (tertiary/aromatic N) is 5. The summed E-state index contributed by atoms with van der Waals surface area (Å²) in [6.45, 7) is 0.228. The van der Waals surface area contributed by atoms with Gasteiger partial charge in [-0.15, -0.1) is 6.42 Å². The van der Waals surface area contributed by atoms with Gasteiger partial charge in [-0.05, 0) is 24.3 Å². The van der Waals surface area contributed by atoms with Crippen LogP contribution in [0.25, 0.3) is 0 Å². The van der Waals surface area contributed by atoms with Gasteiger partial charge in [0.25, 0.3) is 0 Å². The van der Waals surface area contributed by atoms with E-state index in [0.717, 1.165) is 0 Å². The Kier molecular flexibility index (Phi) is 5.20. The lowest BCUT2D eigenvalue weighted by Crippen LogP contribution is -2.19. The fourth-order valence-corrected chi connectivity index (χ4v) is 1.62. The third-order valence-corrected chi connectivity index (χ3v) is 2.75. The SMILES string of the molecule is C#CCOc1ccc(Oc2nc(N(C)C)nc(N(C)C)n2)cc1. The molecule has 7 nitrogen and oxygen atoms in total. The van der Waals surface area contributed by atoms with Crippen LogP contribution in [0.5, 0.6) is 17.5 Å². The van der Waals surface area contributed by atoms with Gasteiger partial charge < -0.3 is 19.3 Å². The molecule has 2 aromatic rings. The molecular formula is C16H19N5O2. The zero-order chi connectivity index (χ0) is 16.8. The number of ether oxygens (including phenoxy) is 2. The van der Waals surface area contributed by atoms with E-state index in [9.17, 15) is 0 Å². The van der Waals surface area contributed by atoms with Crippen molar-refractivity contribution in [3.63, 3.8) is 0 Å². The van der Waals surface area contributed by atoms with Crippen molar-refractivity contribution in [1.82, 2.24) is 15.0 Å². The average molecular weight is 313 g/mol. The van der Waals surface area contributed by atoms with Gasteiger partial charge >= 0.3 is 6.01 Å². The second-order valence-electron chi connectivity index (χ2n) is 5.07. The van der Waals surface area contributed by atoms with E-state index < -0.39 is 0 Å². The summed E-state index contributed by atoms with van der Waals surface area (Å²) >= 11 is 0. The first-order valence-corrected chi connectivity index (χ1v) is 6.94. The fraction of sp³-hybridized carbons (Fsp3) is 0.312. The first-order chi connectivity index (χ1) is 11.0. The van der Waals surface area contributed by atoms with Gasteiger partial charge in [0, 0.05) is 28.2 Å². The molecule has 0 amide bonds. The first-order valence-electron chi connectivity index (χ1n) is 6.94. The fourth-order valence-electron chi connectivity index (χ4n) is 1.62. The Balaban J connectivity index is 2.20. The van der Waals surface area contributed by atoms with E-state index in [4.69, 9.17) is 15.9 Å². The number of anilines is 2. The molecule has 7 heteroatoms. The van der Waals surface area contributed by atoms with Gasteiger partial charge in [-0.3, -0.25) is 0 Å². The van der Waals surface area contributed by atoms with Crippen LogP contribution in [0.3, 0.4) is 0 Å². The molecule has 0 fully saturated rings. The van der Waals surface area contributed by atoms with Crippen LogP contribution in [0.1, 0.15) is 0 Å². The molecule has 1 aromatic carbocycles. The zero-order valence-corrected chi connectivity index (χ0v) is 13.6. The van der Waals surface area contributed by atoms with Crippen molar-refractivity contribution < 1.29 is 9.47 Å². The molecule has 0 unspecified atom stereocenters. The molecular weight excluding hydrogens is 294 g/mol. The lowest BCUT2D eigenvalue weighted by atomic mass is 10.3. The number of benzene rings is 1. The quantitative estimate of drug-likeness (QED) is 0.754. The van der Waals surface area contributed by atoms with Crippen molar-refractivity contribution in [1.29, 1.82) is 0 Å². The molecule has 1 heterocycles. The molecule has 120 valence electrons.